The summed E-state index contributed by atoms with van der Waals surface area (Å²) in [5, 5.41) is 5.66. The largest absolute Gasteiger partial charge is 0.467 e. The van der Waals surface area contributed by atoms with Gasteiger partial charge in [-0.2, -0.15) is 13.2 Å². The second-order valence-electron chi connectivity index (χ2n) is 8.26. The normalized spacial score (nSPS) is 20.2. The van der Waals surface area contributed by atoms with Gasteiger partial charge >= 0.3 is 6.18 Å². The van der Waals surface area contributed by atoms with Crippen LogP contribution in [0.25, 0.3) is 6.08 Å². The number of ether oxygens (including phenoxy) is 1. The van der Waals surface area contributed by atoms with Crippen LogP contribution >= 0.6 is 0 Å². The SMILES string of the molecule is Nc1ccc(C(=O)NC2CCC(=Cc3cccc(OC4C=CC(C(F)(F)F)=CN4)c3)CC2)cn1. The number of carbonyl (C=O) groups excluding carboxylic acids is 1. The summed E-state index contributed by atoms with van der Waals surface area (Å²) in [5.74, 6) is 0.771. The molecule has 1 unspecified atom stereocenters. The molecule has 34 heavy (non-hydrogen) atoms. The van der Waals surface area contributed by atoms with E-state index in [1.165, 1.54) is 17.8 Å². The van der Waals surface area contributed by atoms with Crippen LogP contribution in [0.1, 0.15) is 41.6 Å². The average Bonchev–Trinajstić information content (AvgIpc) is 2.81. The second kappa shape index (κ2) is 10.0. The van der Waals surface area contributed by atoms with Crippen LogP contribution in [0.15, 0.2) is 72.1 Å². The molecule has 178 valence electrons. The molecule has 1 aliphatic carbocycles. The van der Waals surface area contributed by atoms with Gasteiger partial charge in [0, 0.05) is 18.4 Å². The summed E-state index contributed by atoms with van der Waals surface area (Å²) in [7, 11) is 0. The Morgan fingerprint density at radius 1 is 1.21 bits per heavy atom. The van der Waals surface area contributed by atoms with Gasteiger partial charge in [-0.15, -0.1) is 0 Å². The van der Waals surface area contributed by atoms with Crippen molar-refractivity contribution < 1.29 is 22.7 Å². The van der Waals surface area contributed by atoms with Crippen molar-refractivity contribution >= 4 is 17.8 Å². The molecule has 1 aromatic carbocycles. The van der Waals surface area contributed by atoms with Crippen LogP contribution in [0.4, 0.5) is 19.0 Å². The van der Waals surface area contributed by atoms with Gasteiger partial charge in [-0.3, -0.25) is 4.79 Å². The molecule has 2 aromatic rings. The number of allylic oxidation sites excluding steroid dienone is 3. The third-order valence-corrected chi connectivity index (χ3v) is 5.68. The van der Waals surface area contributed by atoms with E-state index >= 15 is 0 Å². The van der Waals surface area contributed by atoms with Gasteiger partial charge in [0.2, 0.25) is 0 Å². The Hall–Kier alpha value is -3.75. The van der Waals surface area contributed by atoms with Crippen molar-refractivity contribution in [2.45, 2.75) is 44.1 Å². The summed E-state index contributed by atoms with van der Waals surface area (Å²) in [6.07, 6.45) is 5.14. The number of hydrogen-bond acceptors (Lipinski definition) is 5. The van der Waals surface area contributed by atoms with E-state index in [4.69, 9.17) is 10.5 Å². The molecule has 0 radical (unpaired) electrons. The maximum Gasteiger partial charge on any atom is 0.417 e. The van der Waals surface area contributed by atoms with Crippen LogP contribution in [0.3, 0.4) is 0 Å². The monoisotopic (exact) mass is 470 g/mol. The number of carbonyl (C=O) groups is 1. The van der Waals surface area contributed by atoms with E-state index in [1.807, 2.05) is 18.2 Å². The molecule has 2 heterocycles. The zero-order valence-electron chi connectivity index (χ0n) is 18.3. The van der Waals surface area contributed by atoms with Crippen molar-refractivity contribution in [2.24, 2.45) is 0 Å². The van der Waals surface area contributed by atoms with Gasteiger partial charge in [0.25, 0.3) is 5.91 Å². The number of nitrogens with one attached hydrogen (secondary N) is 2. The lowest BCUT2D eigenvalue weighted by atomic mass is 9.89. The van der Waals surface area contributed by atoms with E-state index in [9.17, 15) is 18.0 Å². The molecule has 4 rings (SSSR count). The summed E-state index contributed by atoms with van der Waals surface area (Å²) < 4.78 is 43.9. The maximum absolute atomic E-state index is 12.7. The summed E-state index contributed by atoms with van der Waals surface area (Å²) in [6, 6.07) is 10.8. The topological polar surface area (TPSA) is 89.3 Å². The van der Waals surface area contributed by atoms with E-state index in [0.29, 0.717) is 17.1 Å². The highest BCUT2D eigenvalue weighted by Gasteiger charge is 2.33. The molecule has 1 saturated carbocycles. The van der Waals surface area contributed by atoms with Gasteiger partial charge in [-0.05, 0) is 67.7 Å². The van der Waals surface area contributed by atoms with Crippen molar-refractivity contribution in [1.82, 2.24) is 15.6 Å². The molecule has 0 bridgehead atoms. The first kappa shape index (κ1) is 23.4. The number of amides is 1. The molecule has 0 saturated heterocycles. The first-order valence-electron chi connectivity index (χ1n) is 11.0. The number of pyridine rings is 1. The number of anilines is 1. The van der Waals surface area contributed by atoms with Crippen LogP contribution < -0.4 is 21.1 Å². The van der Waals surface area contributed by atoms with Gasteiger partial charge in [0.05, 0.1) is 11.1 Å². The number of aromatic nitrogens is 1. The third-order valence-electron chi connectivity index (χ3n) is 5.68. The third kappa shape index (κ3) is 6.18. The van der Waals surface area contributed by atoms with Crippen LogP contribution in [-0.2, 0) is 0 Å². The molecular formula is C25H25F3N4O2. The number of hydrogen-bond donors (Lipinski definition) is 3. The minimum absolute atomic E-state index is 0.0932. The molecule has 0 spiro atoms. The molecule has 9 heteroatoms. The summed E-state index contributed by atoms with van der Waals surface area (Å²) in [4.78, 5) is 16.3. The number of alkyl halides is 3. The van der Waals surface area contributed by atoms with Crippen LogP contribution in [-0.4, -0.2) is 29.3 Å². The first-order valence-corrected chi connectivity index (χ1v) is 11.0. The molecule has 1 aliphatic heterocycles. The van der Waals surface area contributed by atoms with Crippen molar-refractivity contribution in [3.05, 3.63) is 83.2 Å². The Kier molecular flexibility index (Phi) is 6.90. The van der Waals surface area contributed by atoms with E-state index in [1.54, 1.807) is 18.2 Å². The molecule has 4 N–H and O–H groups in total. The second-order valence-corrected chi connectivity index (χ2v) is 8.26. The molecule has 1 amide bonds. The molecule has 1 atom stereocenters. The Morgan fingerprint density at radius 2 is 2.00 bits per heavy atom. The van der Waals surface area contributed by atoms with Gasteiger partial charge in [0.15, 0.2) is 6.23 Å². The fraction of sp³-hybridized carbons (Fsp3) is 0.280. The van der Waals surface area contributed by atoms with Crippen molar-refractivity contribution in [3.63, 3.8) is 0 Å². The number of nitrogens with two attached hydrogens (primary N) is 1. The van der Waals surface area contributed by atoms with E-state index in [2.05, 4.69) is 21.7 Å². The highest BCUT2D eigenvalue weighted by molar-refractivity contribution is 5.94. The fourth-order valence-electron chi connectivity index (χ4n) is 3.86. The lowest BCUT2D eigenvalue weighted by Crippen LogP contribution is -2.36. The average molecular weight is 470 g/mol. The zero-order valence-corrected chi connectivity index (χ0v) is 18.3. The Balaban J connectivity index is 1.29. The van der Waals surface area contributed by atoms with Crippen LogP contribution in [0, 0.1) is 0 Å². The van der Waals surface area contributed by atoms with Crippen molar-refractivity contribution in [1.29, 1.82) is 0 Å². The number of dihydropyridines is 1. The Bertz CT molecular complexity index is 1110. The summed E-state index contributed by atoms with van der Waals surface area (Å²) in [5.41, 5.74) is 7.52. The van der Waals surface area contributed by atoms with Gasteiger partial charge in [-0.25, -0.2) is 4.98 Å². The number of halogens is 3. The summed E-state index contributed by atoms with van der Waals surface area (Å²) in [6.45, 7) is 0. The molecule has 2 aliphatic rings. The van der Waals surface area contributed by atoms with Crippen molar-refractivity contribution in [3.8, 4) is 5.75 Å². The molecular weight excluding hydrogens is 445 g/mol. The number of nitrogens with zero attached hydrogens (tertiary/aromatic N) is 1. The minimum Gasteiger partial charge on any atom is -0.467 e. The number of rotatable bonds is 5. The van der Waals surface area contributed by atoms with E-state index in [0.717, 1.165) is 43.5 Å². The Labute approximate surface area is 195 Å². The van der Waals surface area contributed by atoms with Crippen molar-refractivity contribution in [2.75, 3.05) is 5.73 Å². The smallest absolute Gasteiger partial charge is 0.417 e. The lowest BCUT2D eigenvalue weighted by molar-refractivity contribution is -0.0890. The highest BCUT2D eigenvalue weighted by atomic mass is 19.4. The van der Waals surface area contributed by atoms with Crippen LogP contribution in [0.5, 0.6) is 5.75 Å². The fourth-order valence-corrected chi connectivity index (χ4v) is 3.86. The molecule has 1 aromatic heterocycles. The van der Waals surface area contributed by atoms with Gasteiger partial charge in [0.1, 0.15) is 11.6 Å². The van der Waals surface area contributed by atoms with Crippen LogP contribution in [0.2, 0.25) is 0 Å². The maximum atomic E-state index is 12.7. The molecule has 1 fully saturated rings. The highest BCUT2D eigenvalue weighted by Crippen LogP contribution is 2.29. The quantitative estimate of drug-likeness (QED) is 0.588. The number of nitrogen functional groups attached to an aromatic ring is 1. The van der Waals surface area contributed by atoms with Gasteiger partial charge in [-0.1, -0.05) is 23.8 Å². The zero-order chi connectivity index (χ0) is 24.1. The first-order chi connectivity index (χ1) is 16.3. The predicted octanol–water partition coefficient (Wildman–Crippen LogP) is 4.73. The van der Waals surface area contributed by atoms with Gasteiger partial charge < -0.3 is 21.1 Å². The molecule has 6 nitrogen and oxygen atoms in total. The standard InChI is InChI=1S/C25H25F3N4O2/c26-25(27,28)19-7-11-23(31-15-19)34-21-3-1-2-17(13-21)12-16-4-8-20(9-5-16)32-24(33)18-6-10-22(29)30-14-18/h1-3,6-7,10-15,20,23,31H,4-5,8-9H2,(H2,29,30)(H,32,33). The number of benzene rings is 1. The predicted molar refractivity (Wildman–Crippen MR) is 124 cm³/mol. The summed E-state index contributed by atoms with van der Waals surface area (Å²) >= 11 is 0. The van der Waals surface area contributed by atoms with E-state index in [-0.39, 0.29) is 11.9 Å². The van der Waals surface area contributed by atoms with E-state index < -0.39 is 18.0 Å². The lowest BCUT2D eigenvalue weighted by Gasteiger charge is -2.25. The minimum atomic E-state index is -4.39. The Morgan fingerprint density at radius 3 is 2.65 bits per heavy atom.